The molecule has 5 nitrogen and oxygen atoms in total. The lowest BCUT2D eigenvalue weighted by atomic mass is 10.2. The number of hydrogen-bond donors (Lipinski definition) is 0. The van der Waals surface area contributed by atoms with Crippen molar-refractivity contribution in [3.63, 3.8) is 0 Å². The highest BCUT2D eigenvalue weighted by Crippen LogP contribution is 2.34. The summed E-state index contributed by atoms with van der Waals surface area (Å²) >= 11 is 6.84. The molecule has 1 aromatic carbocycles. The van der Waals surface area contributed by atoms with Crippen LogP contribution in [-0.4, -0.2) is 39.9 Å². The lowest BCUT2D eigenvalue weighted by Gasteiger charge is -2.40. The minimum Gasteiger partial charge on any atom is -0.467 e. The Bertz CT molecular complexity index is 536. The van der Waals surface area contributed by atoms with Crippen LogP contribution in [0.15, 0.2) is 30.3 Å². The van der Waals surface area contributed by atoms with Gasteiger partial charge in [-0.1, -0.05) is 53.7 Å². The van der Waals surface area contributed by atoms with Crippen molar-refractivity contribution in [3.8, 4) is 0 Å². The second-order valence-electron chi connectivity index (χ2n) is 4.09. The van der Waals surface area contributed by atoms with E-state index in [2.05, 4.69) is 4.74 Å². The first-order valence-electron chi connectivity index (χ1n) is 5.83. The van der Waals surface area contributed by atoms with Crippen molar-refractivity contribution in [3.05, 3.63) is 35.9 Å². The van der Waals surface area contributed by atoms with E-state index in [4.69, 9.17) is 11.6 Å². The van der Waals surface area contributed by atoms with Crippen LogP contribution in [-0.2, 0) is 14.3 Å². The molecule has 1 heterocycles. The van der Waals surface area contributed by atoms with Gasteiger partial charge in [-0.15, -0.1) is 0 Å². The maximum Gasteiger partial charge on any atom is 0.344 e. The number of ether oxygens (including phenoxy) is 1. The molecule has 1 aromatic rings. The number of hydrogen-bond acceptors (Lipinski definition) is 5. The first-order valence-corrected chi connectivity index (χ1v) is 7.15. The fourth-order valence-corrected chi connectivity index (χ4v) is 3.25. The molecule has 1 aliphatic rings. The van der Waals surface area contributed by atoms with Crippen LogP contribution in [0.3, 0.4) is 0 Å². The highest BCUT2D eigenvalue weighted by molar-refractivity contribution is 8.14. The van der Waals surface area contributed by atoms with Gasteiger partial charge >= 0.3 is 5.97 Å². The van der Waals surface area contributed by atoms with Crippen molar-refractivity contribution in [1.82, 2.24) is 4.90 Å². The molecule has 7 heteroatoms. The number of carbonyl (C=O) groups is 3. The largest absolute Gasteiger partial charge is 0.467 e. The second kappa shape index (κ2) is 6.28. The summed E-state index contributed by atoms with van der Waals surface area (Å²) in [5.41, 5.74) is -0.650. The molecule has 1 saturated heterocycles. The summed E-state index contributed by atoms with van der Waals surface area (Å²) in [6.45, 7) is 0. The third-order valence-corrected chi connectivity index (χ3v) is 4.34. The number of likely N-dealkylation sites (tertiary alicyclic amines) is 1. The molecule has 0 aromatic heterocycles. The predicted octanol–water partition coefficient (Wildman–Crippen LogP) is 1.86. The fraction of sp³-hybridized carbons (Fsp3) is 0.308. The molecule has 2 rings (SSSR count). The van der Waals surface area contributed by atoms with Gasteiger partial charge in [-0.3, -0.25) is 9.59 Å². The highest BCUT2D eigenvalue weighted by atomic mass is 35.5. The number of halogens is 1. The molecule has 2 atom stereocenters. The smallest absolute Gasteiger partial charge is 0.344 e. The highest BCUT2D eigenvalue weighted by Gasteiger charge is 2.45. The number of β-lactam (4-membered cyclic amide) rings is 1. The number of nitrogens with zero attached hydrogens (tertiary/aromatic N) is 1. The molecule has 20 heavy (non-hydrogen) atoms. The van der Waals surface area contributed by atoms with Gasteiger partial charge < -0.3 is 9.64 Å². The molecule has 0 bridgehead atoms. The zero-order valence-corrected chi connectivity index (χ0v) is 12.2. The fourth-order valence-electron chi connectivity index (χ4n) is 1.75. The number of carbonyl (C=O) groups excluding carboxylic acids is 3. The Morgan fingerprint density at radius 1 is 1.40 bits per heavy atom. The number of methoxy groups -OCH3 is 1. The van der Waals surface area contributed by atoms with Crippen LogP contribution in [0.1, 0.15) is 16.8 Å². The van der Waals surface area contributed by atoms with E-state index >= 15 is 0 Å². The number of alkyl halides is 1. The Labute approximate surface area is 125 Å². The van der Waals surface area contributed by atoms with Crippen molar-refractivity contribution in [2.45, 2.75) is 17.3 Å². The van der Waals surface area contributed by atoms with E-state index < -0.39 is 16.8 Å². The van der Waals surface area contributed by atoms with E-state index in [1.807, 2.05) is 6.07 Å². The van der Waals surface area contributed by atoms with Crippen LogP contribution in [0, 0.1) is 0 Å². The molecule has 0 spiro atoms. The van der Waals surface area contributed by atoms with Crippen LogP contribution in [0.2, 0.25) is 0 Å². The molecule has 106 valence electrons. The van der Waals surface area contributed by atoms with Crippen LogP contribution in [0.5, 0.6) is 0 Å². The summed E-state index contributed by atoms with van der Waals surface area (Å²) in [4.78, 5) is 36.1. The van der Waals surface area contributed by atoms with E-state index in [0.29, 0.717) is 5.56 Å². The molecule has 1 fully saturated rings. The third kappa shape index (κ3) is 2.96. The number of thioether (sulfide) groups is 1. The maximum atomic E-state index is 12.0. The van der Waals surface area contributed by atoms with E-state index in [1.54, 1.807) is 24.3 Å². The molecule has 0 N–H and O–H groups in total. The van der Waals surface area contributed by atoms with E-state index in [-0.39, 0.29) is 17.4 Å². The van der Waals surface area contributed by atoms with E-state index in [1.165, 1.54) is 12.0 Å². The Morgan fingerprint density at radius 3 is 2.60 bits per heavy atom. The maximum absolute atomic E-state index is 12.0. The second-order valence-corrected chi connectivity index (χ2v) is 5.65. The summed E-state index contributed by atoms with van der Waals surface area (Å²) in [7, 11) is 1.19. The molecule has 1 amide bonds. The van der Waals surface area contributed by atoms with Crippen molar-refractivity contribution in [2.75, 3.05) is 7.11 Å². The van der Waals surface area contributed by atoms with Crippen LogP contribution >= 0.6 is 23.4 Å². The van der Waals surface area contributed by atoms with Crippen molar-refractivity contribution in [2.24, 2.45) is 0 Å². The third-order valence-electron chi connectivity index (χ3n) is 2.84. The topological polar surface area (TPSA) is 63.7 Å². The van der Waals surface area contributed by atoms with Gasteiger partial charge in [-0.05, 0) is 0 Å². The van der Waals surface area contributed by atoms with Crippen LogP contribution in [0.4, 0.5) is 0 Å². The Morgan fingerprint density at radius 2 is 2.05 bits per heavy atom. The summed E-state index contributed by atoms with van der Waals surface area (Å²) in [6.07, 6.45) is 0.184. The zero-order valence-electron chi connectivity index (χ0n) is 10.6. The van der Waals surface area contributed by atoms with Gasteiger partial charge in [-0.2, -0.15) is 0 Å². The summed E-state index contributed by atoms with van der Waals surface area (Å²) in [6, 6.07) is 8.72. The Balaban J connectivity index is 2.01. The number of rotatable bonds is 4. The number of esters is 1. The SMILES string of the molecule is COC(=O)C(Cl)N1C(=O)CC1SC(=O)c1ccccc1. The van der Waals surface area contributed by atoms with E-state index in [0.717, 1.165) is 11.8 Å². The normalized spacial score (nSPS) is 19.2. The first-order chi connectivity index (χ1) is 9.54. The van der Waals surface area contributed by atoms with Gasteiger partial charge in [0.2, 0.25) is 16.5 Å². The Hall–Kier alpha value is -1.53. The summed E-state index contributed by atoms with van der Waals surface area (Å²) in [5, 5.41) is -0.598. The molecular formula is C13H12ClNO4S. The average Bonchev–Trinajstić information content (AvgIpc) is 2.46. The van der Waals surface area contributed by atoms with Crippen molar-refractivity contribution in [1.29, 1.82) is 0 Å². The summed E-state index contributed by atoms with van der Waals surface area (Å²) in [5.74, 6) is -0.980. The van der Waals surface area contributed by atoms with Gasteiger partial charge in [0.15, 0.2) is 0 Å². The van der Waals surface area contributed by atoms with Gasteiger partial charge in [0.25, 0.3) is 0 Å². The predicted molar refractivity (Wildman–Crippen MR) is 75.3 cm³/mol. The summed E-state index contributed by atoms with van der Waals surface area (Å²) < 4.78 is 4.50. The first kappa shape index (κ1) is 14.9. The molecule has 2 unspecified atom stereocenters. The minimum atomic E-state index is -1.19. The lowest BCUT2D eigenvalue weighted by molar-refractivity contribution is -0.155. The van der Waals surface area contributed by atoms with Gasteiger partial charge in [-0.25, -0.2) is 4.79 Å². The van der Waals surface area contributed by atoms with Gasteiger partial charge in [0, 0.05) is 5.56 Å². The quantitative estimate of drug-likeness (QED) is 0.367. The van der Waals surface area contributed by atoms with Crippen LogP contribution < -0.4 is 0 Å². The van der Waals surface area contributed by atoms with Gasteiger partial charge in [0.05, 0.1) is 18.9 Å². The lowest BCUT2D eigenvalue weighted by Crippen LogP contribution is -2.57. The minimum absolute atomic E-state index is 0.165. The zero-order chi connectivity index (χ0) is 14.7. The number of benzene rings is 1. The Kier molecular flexibility index (Phi) is 4.67. The molecule has 0 aliphatic carbocycles. The van der Waals surface area contributed by atoms with Crippen LogP contribution in [0.25, 0.3) is 0 Å². The molecule has 0 saturated carbocycles. The molecule has 0 radical (unpaired) electrons. The van der Waals surface area contributed by atoms with Crippen molar-refractivity contribution < 1.29 is 19.1 Å². The molecule has 1 aliphatic heterocycles. The standard InChI is InChI=1S/C13H12ClNO4S/c1-19-12(17)11(14)15-9(16)7-10(15)20-13(18)8-5-3-2-4-6-8/h2-6,10-11H,7H2,1H3. The van der Waals surface area contributed by atoms with E-state index in [9.17, 15) is 14.4 Å². The monoisotopic (exact) mass is 313 g/mol. The number of amides is 1. The molecular weight excluding hydrogens is 302 g/mol. The van der Waals surface area contributed by atoms with Gasteiger partial charge in [0.1, 0.15) is 0 Å². The average molecular weight is 314 g/mol. The van der Waals surface area contributed by atoms with Crippen molar-refractivity contribution >= 4 is 40.4 Å².